The van der Waals surface area contributed by atoms with Gasteiger partial charge in [0.05, 0.1) is 5.39 Å². The van der Waals surface area contributed by atoms with Gasteiger partial charge in [0.15, 0.2) is 0 Å². The Hall–Kier alpha value is -1.65. The fourth-order valence-corrected chi connectivity index (χ4v) is 3.46. The van der Waals surface area contributed by atoms with Gasteiger partial charge in [0.2, 0.25) is 5.28 Å². The predicted molar refractivity (Wildman–Crippen MR) is 95.9 cm³/mol. The van der Waals surface area contributed by atoms with Crippen LogP contribution in [0.3, 0.4) is 0 Å². The summed E-state index contributed by atoms with van der Waals surface area (Å²) in [5, 5.41) is 6.88. The van der Waals surface area contributed by atoms with Gasteiger partial charge in [-0.1, -0.05) is 43.7 Å². The van der Waals surface area contributed by atoms with Crippen molar-refractivity contribution in [2.75, 3.05) is 11.9 Å². The van der Waals surface area contributed by atoms with Gasteiger partial charge in [0, 0.05) is 17.5 Å². The number of thiophene rings is 1. The summed E-state index contributed by atoms with van der Waals surface area (Å²) in [5.74, 6) is 1.35. The minimum atomic E-state index is 0.288. The van der Waals surface area contributed by atoms with Crippen molar-refractivity contribution in [3.05, 3.63) is 40.5 Å². The van der Waals surface area contributed by atoms with Crippen LogP contribution in [0.2, 0.25) is 5.28 Å². The third-order valence-electron chi connectivity index (χ3n) is 3.45. The molecule has 0 unspecified atom stereocenters. The number of nitrogens with one attached hydrogen (secondary N) is 1. The molecule has 2 aromatic heterocycles. The number of aryl methyl sites for hydroxylation is 1. The van der Waals surface area contributed by atoms with Gasteiger partial charge in [-0.05, 0) is 30.0 Å². The van der Waals surface area contributed by atoms with Crippen LogP contribution >= 0.6 is 22.9 Å². The van der Waals surface area contributed by atoms with Gasteiger partial charge < -0.3 is 5.32 Å². The lowest BCUT2D eigenvalue weighted by Crippen LogP contribution is -2.09. The average molecular weight is 332 g/mol. The fraction of sp³-hybridized carbons (Fsp3) is 0.294. The number of halogens is 1. The molecule has 0 saturated heterocycles. The molecule has 3 rings (SSSR count). The van der Waals surface area contributed by atoms with Crippen molar-refractivity contribution in [3.63, 3.8) is 0 Å². The summed E-state index contributed by atoms with van der Waals surface area (Å²) >= 11 is 7.66. The Kier molecular flexibility index (Phi) is 4.32. The van der Waals surface area contributed by atoms with E-state index in [0.717, 1.165) is 28.1 Å². The van der Waals surface area contributed by atoms with E-state index in [4.69, 9.17) is 11.6 Å². The van der Waals surface area contributed by atoms with Crippen LogP contribution in [0, 0.1) is 12.8 Å². The first-order valence-electron chi connectivity index (χ1n) is 7.30. The number of aromatic nitrogens is 2. The van der Waals surface area contributed by atoms with E-state index in [1.54, 1.807) is 11.3 Å². The number of hydrogen-bond donors (Lipinski definition) is 1. The number of fused-ring (bicyclic) bond motifs is 1. The molecule has 0 radical (unpaired) electrons. The van der Waals surface area contributed by atoms with Gasteiger partial charge >= 0.3 is 0 Å². The number of nitrogens with zero attached hydrogens (tertiary/aromatic N) is 2. The van der Waals surface area contributed by atoms with Crippen LogP contribution in [0.4, 0.5) is 5.82 Å². The van der Waals surface area contributed by atoms with Crippen molar-refractivity contribution in [2.45, 2.75) is 20.8 Å². The first kappa shape index (κ1) is 15.3. The summed E-state index contributed by atoms with van der Waals surface area (Å²) in [6, 6.07) is 8.52. The number of hydrogen-bond acceptors (Lipinski definition) is 4. The summed E-state index contributed by atoms with van der Waals surface area (Å²) in [6.45, 7) is 7.28. The molecule has 5 heteroatoms. The molecule has 0 bridgehead atoms. The Morgan fingerprint density at radius 3 is 2.59 bits per heavy atom. The lowest BCUT2D eigenvalue weighted by Gasteiger charge is -2.11. The van der Waals surface area contributed by atoms with Crippen LogP contribution in [-0.2, 0) is 0 Å². The highest BCUT2D eigenvalue weighted by Crippen LogP contribution is 2.37. The average Bonchev–Trinajstić information content (AvgIpc) is 2.89. The minimum Gasteiger partial charge on any atom is -0.369 e. The maximum atomic E-state index is 6.06. The molecular formula is C17H18ClN3S. The molecule has 1 aromatic carbocycles. The van der Waals surface area contributed by atoms with Crippen LogP contribution in [0.25, 0.3) is 21.3 Å². The zero-order chi connectivity index (χ0) is 15.7. The number of benzene rings is 1. The second-order valence-corrected chi connectivity index (χ2v) is 7.01. The smallest absolute Gasteiger partial charge is 0.225 e. The van der Waals surface area contributed by atoms with Crippen molar-refractivity contribution < 1.29 is 0 Å². The second kappa shape index (κ2) is 6.23. The molecule has 0 aliphatic carbocycles. The molecule has 2 heterocycles. The summed E-state index contributed by atoms with van der Waals surface area (Å²) in [6.07, 6.45) is 0. The Labute approximate surface area is 139 Å². The predicted octanol–water partition coefficient (Wildman–Crippen LogP) is 5.39. The monoisotopic (exact) mass is 331 g/mol. The largest absolute Gasteiger partial charge is 0.369 e. The van der Waals surface area contributed by atoms with Gasteiger partial charge in [-0.2, -0.15) is 0 Å². The van der Waals surface area contributed by atoms with E-state index in [1.807, 2.05) is 0 Å². The zero-order valence-corrected chi connectivity index (χ0v) is 14.4. The van der Waals surface area contributed by atoms with Crippen LogP contribution in [0.15, 0.2) is 29.6 Å². The highest BCUT2D eigenvalue weighted by Gasteiger charge is 2.15. The third-order valence-corrected chi connectivity index (χ3v) is 4.49. The molecule has 0 atom stereocenters. The molecule has 22 heavy (non-hydrogen) atoms. The van der Waals surface area contributed by atoms with Gasteiger partial charge in [0.25, 0.3) is 0 Å². The minimum absolute atomic E-state index is 0.288. The van der Waals surface area contributed by atoms with Crippen molar-refractivity contribution in [2.24, 2.45) is 5.92 Å². The normalized spacial score (nSPS) is 11.3. The van der Waals surface area contributed by atoms with Gasteiger partial charge in [-0.15, -0.1) is 11.3 Å². The van der Waals surface area contributed by atoms with Crippen molar-refractivity contribution in [1.29, 1.82) is 0 Å². The number of rotatable bonds is 4. The van der Waals surface area contributed by atoms with Crippen LogP contribution in [0.1, 0.15) is 19.4 Å². The van der Waals surface area contributed by atoms with E-state index < -0.39 is 0 Å². The van der Waals surface area contributed by atoms with Gasteiger partial charge in [0.1, 0.15) is 10.6 Å². The van der Waals surface area contributed by atoms with Crippen LogP contribution in [-0.4, -0.2) is 16.5 Å². The van der Waals surface area contributed by atoms with E-state index in [-0.39, 0.29) is 5.28 Å². The van der Waals surface area contributed by atoms with E-state index in [2.05, 4.69) is 65.7 Å². The first-order chi connectivity index (χ1) is 10.5. The quantitative estimate of drug-likeness (QED) is 0.651. The Morgan fingerprint density at radius 1 is 1.18 bits per heavy atom. The SMILES string of the molecule is Cc1ccc(-c2csc3nc(Cl)nc(NCC(C)C)c23)cc1. The summed E-state index contributed by atoms with van der Waals surface area (Å²) < 4.78 is 0. The topological polar surface area (TPSA) is 37.8 Å². The van der Waals surface area contributed by atoms with Gasteiger partial charge in [-0.3, -0.25) is 0 Å². The van der Waals surface area contributed by atoms with E-state index in [1.165, 1.54) is 11.1 Å². The van der Waals surface area contributed by atoms with Crippen molar-refractivity contribution in [3.8, 4) is 11.1 Å². The molecule has 1 N–H and O–H groups in total. The molecule has 114 valence electrons. The molecule has 3 nitrogen and oxygen atoms in total. The van der Waals surface area contributed by atoms with E-state index >= 15 is 0 Å². The molecular weight excluding hydrogens is 314 g/mol. The summed E-state index contributed by atoms with van der Waals surface area (Å²) in [4.78, 5) is 9.68. The van der Waals surface area contributed by atoms with Crippen LogP contribution in [0.5, 0.6) is 0 Å². The van der Waals surface area contributed by atoms with Crippen molar-refractivity contribution >= 4 is 39.0 Å². The Morgan fingerprint density at radius 2 is 1.91 bits per heavy atom. The maximum Gasteiger partial charge on any atom is 0.225 e. The molecule has 3 aromatic rings. The molecule has 0 aliphatic rings. The highest BCUT2D eigenvalue weighted by atomic mass is 35.5. The van der Waals surface area contributed by atoms with Crippen LogP contribution < -0.4 is 5.32 Å². The van der Waals surface area contributed by atoms with E-state index in [9.17, 15) is 0 Å². The summed E-state index contributed by atoms with van der Waals surface area (Å²) in [5.41, 5.74) is 3.58. The third kappa shape index (κ3) is 3.08. The second-order valence-electron chi connectivity index (χ2n) is 5.81. The molecule has 0 spiro atoms. The van der Waals surface area contributed by atoms with Gasteiger partial charge in [-0.25, -0.2) is 9.97 Å². The standard InChI is InChI=1S/C17H18ClN3S/c1-10(2)8-19-15-14-13(12-6-4-11(3)5-7-12)9-22-16(14)21-17(18)20-15/h4-7,9-10H,8H2,1-3H3,(H,19,20,21). The Bertz CT molecular complexity index is 794. The molecule has 0 saturated carbocycles. The fourth-order valence-electron chi connectivity index (χ4n) is 2.29. The highest BCUT2D eigenvalue weighted by molar-refractivity contribution is 7.17. The van der Waals surface area contributed by atoms with Crippen molar-refractivity contribution in [1.82, 2.24) is 9.97 Å². The first-order valence-corrected chi connectivity index (χ1v) is 8.56. The zero-order valence-electron chi connectivity index (χ0n) is 12.9. The molecule has 0 amide bonds. The number of anilines is 1. The Balaban J connectivity index is 2.13. The molecule has 0 fully saturated rings. The summed E-state index contributed by atoms with van der Waals surface area (Å²) in [7, 11) is 0. The lowest BCUT2D eigenvalue weighted by atomic mass is 10.0. The lowest BCUT2D eigenvalue weighted by molar-refractivity contribution is 0.687. The van der Waals surface area contributed by atoms with E-state index in [0.29, 0.717) is 5.92 Å². The molecule has 0 aliphatic heterocycles. The maximum absolute atomic E-state index is 6.06.